The van der Waals surface area contributed by atoms with E-state index in [1.807, 2.05) is 0 Å². The molecule has 0 heteroatoms. The second-order valence-corrected chi connectivity index (χ2v) is 3.36. The molecule has 0 amide bonds. The van der Waals surface area contributed by atoms with Crippen LogP contribution >= 0.6 is 0 Å². The van der Waals surface area contributed by atoms with Crippen molar-refractivity contribution in [3.05, 3.63) is 35.4 Å². The van der Waals surface area contributed by atoms with Crippen molar-refractivity contribution in [2.24, 2.45) is 0 Å². The maximum absolute atomic E-state index is 5.51. The van der Waals surface area contributed by atoms with Crippen molar-refractivity contribution >= 4 is 0 Å². The fourth-order valence-electron chi connectivity index (χ4n) is 1.60. The third-order valence-corrected chi connectivity index (χ3v) is 2.34. The number of hydrogen-bond acceptors (Lipinski definition) is 0. The van der Waals surface area contributed by atoms with E-state index in [9.17, 15) is 0 Å². The van der Waals surface area contributed by atoms with Gasteiger partial charge in [-0.2, -0.15) is 0 Å². The Morgan fingerprint density at radius 2 is 2.08 bits per heavy atom. The van der Waals surface area contributed by atoms with E-state index < -0.39 is 0 Å². The quantitative estimate of drug-likeness (QED) is 0.612. The first-order valence-corrected chi connectivity index (χ1v) is 4.81. The van der Waals surface area contributed by atoms with Gasteiger partial charge in [-0.15, -0.1) is 6.42 Å². The van der Waals surface area contributed by atoms with E-state index in [2.05, 4.69) is 44.0 Å². The molecule has 68 valence electrons. The normalized spacial score (nSPS) is 12.1. The molecule has 13 heavy (non-hydrogen) atoms. The molecule has 0 heterocycles. The van der Waals surface area contributed by atoms with Crippen molar-refractivity contribution in [3.63, 3.8) is 0 Å². The molecule has 0 saturated carbocycles. The Balaban J connectivity index is 2.92. The molecule has 0 nitrogen and oxygen atoms in total. The van der Waals surface area contributed by atoms with Crippen LogP contribution < -0.4 is 0 Å². The molecule has 1 unspecified atom stereocenters. The molecular weight excluding hydrogens is 156 g/mol. The SMILES string of the molecule is C#CC(CCC)c1ccccc1C. The van der Waals surface area contributed by atoms with Crippen LogP contribution in [0.4, 0.5) is 0 Å². The summed E-state index contributed by atoms with van der Waals surface area (Å²) in [5.74, 6) is 3.16. The molecule has 0 aliphatic rings. The summed E-state index contributed by atoms with van der Waals surface area (Å²) in [5, 5.41) is 0. The molecule has 0 N–H and O–H groups in total. The van der Waals surface area contributed by atoms with Gasteiger partial charge >= 0.3 is 0 Å². The molecule has 0 aromatic heterocycles. The molecule has 1 atom stereocenters. The Morgan fingerprint density at radius 3 is 2.62 bits per heavy atom. The Bertz CT molecular complexity index is 304. The number of hydrogen-bond donors (Lipinski definition) is 0. The summed E-state index contributed by atoms with van der Waals surface area (Å²) in [6, 6.07) is 8.37. The average Bonchev–Trinajstić information content (AvgIpc) is 2.16. The first-order valence-electron chi connectivity index (χ1n) is 4.81. The van der Waals surface area contributed by atoms with Gasteiger partial charge in [-0.3, -0.25) is 0 Å². The van der Waals surface area contributed by atoms with Crippen molar-refractivity contribution < 1.29 is 0 Å². The van der Waals surface area contributed by atoms with E-state index in [0.29, 0.717) is 5.92 Å². The Morgan fingerprint density at radius 1 is 1.38 bits per heavy atom. The predicted molar refractivity (Wildman–Crippen MR) is 57.7 cm³/mol. The van der Waals surface area contributed by atoms with Crippen LogP contribution in [-0.4, -0.2) is 0 Å². The summed E-state index contributed by atoms with van der Waals surface area (Å²) in [4.78, 5) is 0. The molecule has 0 aliphatic carbocycles. The zero-order chi connectivity index (χ0) is 9.68. The highest BCUT2D eigenvalue weighted by Crippen LogP contribution is 2.23. The van der Waals surface area contributed by atoms with E-state index in [0.717, 1.165) is 12.8 Å². The van der Waals surface area contributed by atoms with Crippen LogP contribution in [0.1, 0.15) is 36.8 Å². The molecule has 0 radical (unpaired) electrons. The van der Waals surface area contributed by atoms with Crippen LogP contribution in [0.2, 0.25) is 0 Å². The first kappa shape index (κ1) is 9.86. The molecule has 0 spiro atoms. The fraction of sp³-hybridized carbons (Fsp3) is 0.385. The van der Waals surface area contributed by atoms with Gasteiger partial charge in [0.25, 0.3) is 0 Å². The Kier molecular flexibility index (Phi) is 3.58. The van der Waals surface area contributed by atoms with Crippen LogP contribution in [-0.2, 0) is 0 Å². The molecule has 1 aromatic rings. The second-order valence-electron chi connectivity index (χ2n) is 3.36. The lowest BCUT2D eigenvalue weighted by Crippen LogP contribution is -1.97. The lowest BCUT2D eigenvalue weighted by Gasteiger charge is -2.12. The van der Waals surface area contributed by atoms with E-state index in [4.69, 9.17) is 6.42 Å². The summed E-state index contributed by atoms with van der Waals surface area (Å²) < 4.78 is 0. The summed E-state index contributed by atoms with van der Waals surface area (Å²) in [6.45, 7) is 4.29. The summed E-state index contributed by atoms with van der Waals surface area (Å²) >= 11 is 0. The minimum absolute atomic E-state index is 0.297. The third-order valence-electron chi connectivity index (χ3n) is 2.34. The second kappa shape index (κ2) is 4.72. The Labute approximate surface area is 81.0 Å². The predicted octanol–water partition coefficient (Wildman–Crippen LogP) is 3.51. The van der Waals surface area contributed by atoms with Gasteiger partial charge in [0.1, 0.15) is 0 Å². The van der Waals surface area contributed by atoms with Crippen molar-refractivity contribution in [2.75, 3.05) is 0 Å². The van der Waals surface area contributed by atoms with E-state index in [1.54, 1.807) is 0 Å². The lowest BCUT2D eigenvalue weighted by molar-refractivity contribution is 0.731. The minimum atomic E-state index is 0.297. The van der Waals surface area contributed by atoms with Crippen LogP contribution in [0.5, 0.6) is 0 Å². The molecule has 1 rings (SSSR count). The molecule has 1 aromatic carbocycles. The van der Waals surface area contributed by atoms with Crippen molar-refractivity contribution in [2.45, 2.75) is 32.6 Å². The zero-order valence-electron chi connectivity index (χ0n) is 8.38. The molecular formula is C13H16. The summed E-state index contributed by atoms with van der Waals surface area (Å²) in [5.41, 5.74) is 2.62. The highest BCUT2D eigenvalue weighted by Gasteiger charge is 2.08. The Hall–Kier alpha value is -1.22. The van der Waals surface area contributed by atoms with Crippen molar-refractivity contribution in [1.82, 2.24) is 0 Å². The molecule has 0 bridgehead atoms. The van der Waals surface area contributed by atoms with Gasteiger partial charge in [0, 0.05) is 5.92 Å². The molecule has 0 saturated heterocycles. The van der Waals surface area contributed by atoms with Crippen LogP contribution in [0.3, 0.4) is 0 Å². The van der Waals surface area contributed by atoms with Crippen LogP contribution in [0.25, 0.3) is 0 Å². The molecule has 0 aliphatic heterocycles. The van der Waals surface area contributed by atoms with Crippen LogP contribution in [0.15, 0.2) is 24.3 Å². The summed E-state index contributed by atoms with van der Waals surface area (Å²) in [6.07, 6.45) is 7.74. The smallest absolute Gasteiger partial charge is 0.0452 e. The maximum atomic E-state index is 5.51. The van der Waals surface area contributed by atoms with Gasteiger partial charge in [0.15, 0.2) is 0 Å². The standard InChI is InChI=1S/C13H16/c1-4-8-12(5-2)13-10-7-6-9-11(13)3/h2,6-7,9-10,12H,4,8H2,1,3H3. The monoisotopic (exact) mass is 172 g/mol. The molecule has 0 fully saturated rings. The zero-order valence-corrected chi connectivity index (χ0v) is 8.38. The minimum Gasteiger partial charge on any atom is -0.119 e. The van der Waals surface area contributed by atoms with Gasteiger partial charge in [-0.25, -0.2) is 0 Å². The van der Waals surface area contributed by atoms with Gasteiger partial charge in [-0.05, 0) is 24.5 Å². The van der Waals surface area contributed by atoms with Gasteiger partial charge in [0.2, 0.25) is 0 Å². The number of terminal acetylenes is 1. The van der Waals surface area contributed by atoms with Gasteiger partial charge < -0.3 is 0 Å². The highest BCUT2D eigenvalue weighted by molar-refractivity contribution is 5.33. The first-order chi connectivity index (χ1) is 6.29. The van der Waals surface area contributed by atoms with Crippen molar-refractivity contribution in [1.29, 1.82) is 0 Å². The average molecular weight is 172 g/mol. The van der Waals surface area contributed by atoms with E-state index in [-0.39, 0.29) is 0 Å². The highest BCUT2D eigenvalue weighted by atomic mass is 14.1. The van der Waals surface area contributed by atoms with Gasteiger partial charge in [0.05, 0.1) is 0 Å². The maximum Gasteiger partial charge on any atom is 0.0452 e. The fourth-order valence-corrected chi connectivity index (χ4v) is 1.60. The topological polar surface area (TPSA) is 0 Å². The van der Waals surface area contributed by atoms with Crippen LogP contribution in [0, 0.1) is 19.3 Å². The lowest BCUT2D eigenvalue weighted by atomic mass is 9.92. The van der Waals surface area contributed by atoms with E-state index in [1.165, 1.54) is 11.1 Å². The number of benzene rings is 1. The van der Waals surface area contributed by atoms with Crippen molar-refractivity contribution in [3.8, 4) is 12.3 Å². The summed E-state index contributed by atoms with van der Waals surface area (Å²) in [7, 11) is 0. The largest absolute Gasteiger partial charge is 0.119 e. The third kappa shape index (κ3) is 2.36. The van der Waals surface area contributed by atoms with E-state index >= 15 is 0 Å². The number of aryl methyl sites for hydroxylation is 1. The number of rotatable bonds is 3. The van der Waals surface area contributed by atoms with Gasteiger partial charge in [-0.1, -0.05) is 43.5 Å².